The minimum atomic E-state index is -0.0208. The number of nitrogens with zero attached hydrogens (tertiary/aromatic N) is 1. The molecule has 0 radical (unpaired) electrons. The molecule has 1 heteroatoms. The van der Waals surface area contributed by atoms with Gasteiger partial charge in [0.15, 0.2) is 0 Å². The van der Waals surface area contributed by atoms with E-state index in [2.05, 4.69) is 4.98 Å². The normalized spacial score (nSPS) is 15.0. The van der Waals surface area contributed by atoms with Gasteiger partial charge >= 0.3 is 0 Å². The Kier molecular flexibility index (Phi) is 0.346. The maximum absolute atomic E-state index is 7.00. The van der Waals surface area contributed by atoms with Gasteiger partial charge in [-0.05, 0) is 12.1 Å². The summed E-state index contributed by atoms with van der Waals surface area (Å²) in [6.45, 7) is 0. The molecule has 1 heterocycles. The van der Waals surface area contributed by atoms with Gasteiger partial charge in [0.2, 0.25) is 0 Å². The Morgan fingerprint density at radius 3 is 2.50 bits per heavy atom. The zero-order chi connectivity index (χ0) is 6.85. The average molecular weight is 82.1 g/mol. The maximum Gasteiger partial charge on any atom is 0.0840 e. The second-order valence-electron chi connectivity index (χ2n) is 0.825. The number of aromatic nitrogens is 1. The average Bonchev–Trinajstić information content (AvgIpc) is 1.59. The van der Waals surface area contributed by atoms with Gasteiger partial charge in [-0.25, -0.2) is 0 Å². The van der Waals surface area contributed by atoms with Crippen molar-refractivity contribution in [3.63, 3.8) is 0 Å². The summed E-state index contributed by atoms with van der Waals surface area (Å²) in [4.78, 5) is 3.45. The Balaban J connectivity index is 3.17. The van der Waals surface area contributed by atoms with Crippen LogP contribution in [0.15, 0.2) is 30.5 Å². The highest BCUT2D eigenvalue weighted by molar-refractivity contribution is 4.88. The van der Waals surface area contributed by atoms with Crippen molar-refractivity contribution in [2.75, 3.05) is 0 Å². The van der Waals surface area contributed by atoms with Crippen LogP contribution in [0.2, 0.25) is 0 Å². The van der Waals surface area contributed by atoms with Crippen molar-refractivity contribution in [3.05, 3.63) is 30.5 Å². The van der Waals surface area contributed by atoms with Crippen LogP contribution in [-0.2, 0) is 0 Å². The first-order valence-electron chi connectivity index (χ1n) is 3.10. The molecule has 0 fully saturated rings. The van der Waals surface area contributed by atoms with Crippen LogP contribution < -0.4 is 0 Å². The summed E-state index contributed by atoms with van der Waals surface area (Å²) in [7, 11) is 0. The van der Waals surface area contributed by atoms with Gasteiger partial charge in [-0.2, -0.15) is 0 Å². The molecule has 0 N–H and O–H groups in total. The SMILES string of the molecule is [2H]c1cc([2H])nc([2H])c1. The molecule has 0 bridgehead atoms. The molecule has 0 saturated carbocycles. The molecule has 1 rings (SSSR count). The van der Waals surface area contributed by atoms with Crippen molar-refractivity contribution in [1.82, 2.24) is 4.98 Å². The molecule has 1 nitrogen and oxygen atoms in total. The van der Waals surface area contributed by atoms with Crippen molar-refractivity contribution in [2.45, 2.75) is 0 Å². The van der Waals surface area contributed by atoms with E-state index in [-0.39, 0.29) is 18.4 Å². The highest BCUT2D eigenvalue weighted by Gasteiger charge is 1.58. The Hall–Kier alpha value is -0.850. The summed E-state index contributed by atoms with van der Waals surface area (Å²) >= 11 is 0. The molecule has 0 amide bonds. The van der Waals surface area contributed by atoms with Crippen molar-refractivity contribution >= 4 is 0 Å². The van der Waals surface area contributed by atoms with E-state index < -0.39 is 0 Å². The molecule has 0 aliphatic carbocycles. The van der Waals surface area contributed by atoms with E-state index >= 15 is 0 Å². The van der Waals surface area contributed by atoms with Gasteiger partial charge in [0, 0.05) is 12.3 Å². The Morgan fingerprint density at radius 1 is 1.33 bits per heavy atom. The molecule has 0 aromatic carbocycles. The molecule has 0 aliphatic rings. The zero-order valence-corrected chi connectivity index (χ0v) is 3.10. The van der Waals surface area contributed by atoms with Gasteiger partial charge in [0.25, 0.3) is 0 Å². The minimum Gasteiger partial charge on any atom is -0.265 e. The predicted molar refractivity (Wildman–Crippen MR) is 24.2 cm³/mol. The lowest BCUT2D eigenvalue weighted by atomic mass is 10.5. The second-order valence-corrected chi connectivity index (χ2v) is 0.825. The van der Waals surface area contributed by atoms with Crippen LogP contribution in [0.4, 0.5) is 0 Å². The van der Waals surface area contributed by atoms with Crippen LogP contribution in [0.25, 0.3) is 0 Å². The monoisotopic (exact) mass is 82.1 g/mol. The third-order valence-electron chi connectivity index (χ3n) is 0.425. The van der Waals surface area contributed by atoms with Gasteiger partial charge < -0.3 is 0 Å². The van der Waals surface area contributed by atoms with Crippen LogP contribution in [0.3, 0.4) is 0 Å². The summed E-state index contributed by atoms with van der Waals surface area (Å²) < 4.78 is 20.8. The first-order valence-corrected chi connectivity index (χ1v) is 1.60. The standard InChI is InChI=1S/C5H5N/c1-2-4-6-5-3-1/h1-5H/i1D,4D,5D. The maximum atomic E-state index is 7.00. The van der Waals surface area contributed by atoms with E-state index in [1.165, 1.54) is 12.1 Å². The molecule has 0 aliphatic heterocycles. The van der Waals surface area contributed by atoms with Crippen LogP contribution in [0.1, 0.15) is 4.11 Å². The van der Waals surface area contributed by atoms with Crippen molar-refractivity contribution in [3.8, 4) is 0 Å². The Bertz CT molecular complexity index is 173. The molecule has 0 spiro atoms. The first-order chi connectivity index (χ1) is 4.18. The van der Waals surface area contributed by atoms with Crippen LogP contribution in [0, 0.1) is 0 Å². The third kappa shape index (κ3) is 0.549. The van der Waals surface area contributed by atoms with Gasteiger partial charge in [-0.3, -0.25) is 4.98 Å². The van der Waals surface area contributed by atoms with Crippen LogP contribution in [-0.4, -0.2) is 4.98 Å². The Labute approximate surface area is 40.9 Å². The summed E-state index contributed by atoms with van der Waals surface area (Å²) in [5.41, 5.74) is 0. The second kappa shape index (κ2) is 1.55. The highest BCUT2D eigenvalue weighted by Crippen LogP contribution is 1.73. The Morgan fingerprint density at radius 2 is 2.00 bits per heavy atom. The smallest absolute Gasteiger partial charge is 0.0840 e. The highest BCUT2D eigenvalue weighted by atomic mass is 14.6. The molecule has 0 atom stereocenters. The summed E-state index contributed by atoms with van der Waals surface area (Å²) in [5, 5.41) is 0. The fourth-order valence-corrected chi connectivity index (χ4v) is 0.218. The molecule has 0 unspecified atom stereocenters. The summed E-state index contributed by atoms with van der Waals surface area (Å²) in [5.74, 6) is 0. The fourth-order valence-electron chi connectivity index (χ4n) is 0.218. The molecular formula is C5H5N. The first kappa shape index (κ1) is 1.34. The van der Waals surface area contributed by atoms with E-state index in [1.54, 1.807) is 0 Å². The van der Waals surface area contributed by atoms with Crippen molar-refractivity contribution in [2.24, 2.45) is 0 Å². The third-order valence-corrected chi connectivity index (χ3v) is 0.425. The lowest BCUT2D eigenvalue weighted by Gasteiger charge is -1.70. The van der Waals surface area contributed by atoms with Crippen molar-refractivity contribution in [1.29, 1.82) is 0 Å². The van der Waals surface area contributed by atoms with Crippen LogP contribution >= 0.6 is 0 Å². The molecule has 6 heavy (non-hydrogen) atoms. The van der Waals surface area contributed by atoms with E-state index in [1.807, 2.05) is 0 Å². The van der Waals surface area contributed by atoms with E-state index in [9.17, 15) is 0 Å². The molecular weight excluding hydrogens is 74.1 g/mol. The number of pyridine rings is 1. The molecule has 1 aromatic heterocycles. The largest absolute Gasteiger partial charge is 0.265 e. The zero-order valence-electron chi connectivity index (χ0n) is 6.10. The number of rotatable bonds is 0. The van der Waals surface area contributed by atoms with Gasteiger partial charge in [0.1, 0.15) is 0 Å². The molecule has 1 aromatic rings. The summed E-state index contributed by atoms with van der Waals surface area (Å²) in [6.07, 6.45) is -0.0417. The van der Waals surface area contributed by atoms with Gasteiger partial charge in [0.05, 0.1) is 4.11 Å². The predicted octanol–water partition coefficient (Wildman–Crippen LogP) is 1.08. The van der Waals surface area contributed by atoms with Gasteiger partial charge in [-0.1, -0.05) is 6.04 Å². The molecule has 0 saturated heterocycles. The fraction of sp³-hybridized carbons (Fsp3) is 0. The van der Waals surface area contributed by atoms with Crippen LogP contribution in [0.5, 0.6) is 0 Å². The van der Waals surface area contributed by atoms with E-state index in [4.69, 9.17) is 4.11 Å². The summed E-state index contributed by atoms with van der Waals surface area (Å²) in [6, 6.07) is 2.75. The quantitative estimate of drug-likeness (QED) is 0.456. The van der Waals surface area contributed by atoms with E-state index in [0.717, 1.165) is 0 Å². The number of hydrogen-bond donors (Lipinski definition) is 0. The van der Waals surface area contributed by atoms with E-state index in [0.29, 0.717) is 0 Å². The van der Waals surface area contributed by atoms with Crippen molar-refractivity contribution < 1.29 is 4.11 Å². The topological polar surface area (TPSA) is 12.9 Å². The molecule has 30 valence electrons. The number of hydrogen-bond acceptors (Lipinski definition) is 1. The lowest BCUT2D eigenvalue weighted by Crippen LogP contribution is -1.58. The van der Waals surface area contributed by atoms with Gasteiger partial charge in [-0.15, -0.1) is 0 Å². The minimum absolute atomic E-state index is 0.0208. The lowest BCUT2D eigenvalue weighted by molar-refractivity contribution is 1.33.